The molecule has 2 heteroatoms. The van der Waals surface area contributed by atoms with E-state index in [1.165, 1.54) is 0 Å². The van der Waals surface area contributed by atoms with E-state index >= 15 is 0 Å². The Kier molecular flexibility index (Phi) is 3.12. The summed E-state index contributed by atoms with van der Waals surface area (Å²) in [5.41, 5.74) is -0.347. The lowest BCUT2D eigenvalue weighted by Gasteiger charge is -2.38. The molecule has 0 heterocycles. The number of ketones is 1. The molecule has 0 aliphatic heterocycles. The van der Waals surface area contributed by atoms with Crippen molar-refractivity contribution in [1.82, 2.24) is 0 Å². The smallest absolute Gasteiger partial charge is 0.135 e. The fourth-order valence-corrected chi connectivity index (χ4v) is 2.21. The van der Waals surface area contributed by atoms with Gasteiger partial charge in [-0.3, -0.25) is 4.79 Å². The molecule has 0 aromatic carbocycles. The predicted octanol–water partition coefficient (Wildman–Crippen LogP) is 2.15. The second-order valence-corrected chi connectivity index (χ2v) is 4.74. The number of hydrogen-bond donors (Lipinski definition) is 1. The van der Waals surface area contributed by atoms with Gasteiger partial charge in [-0.15, -0.1) is 0 Å². The standard InChI is InChI=1S/C11H20O2/c1-8(12)11(2,3)9-6-4-5-7-10(9)13/h9-10,13H,4-7H2,1-3H3/t9-,10-/m1/s1. The minimum Gasteiger partial charge on any atom is -0.393 e. The summed E-state index contributed by atoms with van der Waals surface area (Å²) in [6.07, 6.45) is 3.84. The van der Waals surface area contributed by atoms with Crippen LogP contribution in [0.5, 0.6) is 0 Å². The van der Waals surface area contributed by atoms with E-state index in [4.69, 9.17) is 0 Å². The van der Waals surface area contributed by atoms with Gasteiger partial charge in [-0.25, -0.2) is 0 Å². The van der Waals surface area contributed by atoms with Crippen LogP contribution in [0.1, 0.15) is 46.5 Å². The van der Waals surface area contributed by atoms with Crippen molar-refractivity contribution in [2.24, 2.45) is 11.3 Å². The van der Waals surface area contributed by atoms with Crippen molar-refractivity contribution in [2.45, 2.75) is 52.6 Å². The molecule has 0 bridgehead atoms. The van der Waals surface area contributed by atoms with E-state index in [0.29, 0.717) is 0 Å². The fourth-order valence-electron chi connectivity index (χ4n) is 2.21. The molecule has 1 aliphatic rings. The highest BCUT2D eigenvalue weighted by Gasteiger charge is 2.39. The molecule has 2 nitrogen and oxygen atoms in total. The van der Waals surface area contributed by atoms with Gasteiger partial charge in [0.1, 0.15) is 5.78 Å². The van der Waals surface area contributed by atoms with Crippen LogP contribution in [0.25, 0.3) is 0 Å². The molecule has 76 valence electrons. The van der Waals surface area contributed by atoms with Gasteiger partial charge >= 0.3 is 0 Å². The summed E-state index contributed by atoms with van der Waals surface area (Å²) in [6, 6.07) is 0. The summed E-state index contributed by atoms with van der Waals surface area (Å²) in [7, 11) is 0. The first-order valence-electron chi connectivity index (χ1n) is 5.15. The van der Waals surface area contributed by atoms with Crippen molar-refractivity contribution in [1.29, 1.82) is 0 Å². The molecule has 0 saturated heterocycles. The Morgan fingerprint density at radius 2 is 1.85 bits per heavy atom. The van der Waals surface area contributed by atoms with E-state index in [9.17, 15) is 9.90 Å². The lowest BCUT2D eigenvalue weighted by atomic mass is 9.68. The Balaban J connectivity index is 2.73. The van der Waals surface area contributed by atoms with E-state index in [1.54, 1.807) is 6.92 Å². The van der Waals surface area contributed by atoms with Crippen molar-refractivity contribution < 1.29 is 9.90 Å². The van der Waals surface area contributed by atoms with Crippen LogP contribution >= 0.6 is 0 Å². The number of aliphatic hydroxyl groups excluding tert-OH is 1. The molecule has 0 unspecified atom stereocenters. The van der Waals surface area contributed by atoms with Crippen LogP contribution in [-0.2, 0) is 4.79 Å². The van der Waals surface area contributed by atoms with E-state index in [-0.39, 0.29) is 23.2 Å². The maximum Gasteiger partial charge on any atom is 0.135 e. The van der Waals surface area contributed by atoms with Gasteiger partial charge in [-0.05, 0) is 25.7 Å². The van der Waals surface area contributed by atoms with Gasteiger partial charge in [0.05, 0.1) is 6.10 Å². The van der Waals surface area contributed by atoms with Gasteiger partial charge in [-0.1, -0.05) is 26.7 Å². The van der Waals surface area contributed by atoms with Crippen LogP contribution in [0, 0.1) is 11.3 Å². The molecule has 0 radical (unpaired) electrons. The second kappa shape index (κ2) is 3.79. The van der Waals surface area contributed by atoms with Crippen LogP contribution in [0.15, 0.2) is 0 Å². The van der Waals surface area contributed by atoms with E-state index in [2.05, 4.69) is 0 Å². The molecule has 1 rings (SSSR count). The van der Waals surface area contributed by atoms with Crippen LogP contribution in [-0.4, -0.2) is 17.0 Å². The second-order valence-electron chi connectivity index (χ2n) is 4.74. The highest BCUT2D eigenvalue weighted by Crippen LogP contribution is 2.38. The largest absolute Gasteiger partial charge is 0.393 e. The van der Waals surface area contributed by atoms with Crippen molar-refractivity contribution in [3.05, 3.63) is 0 Å². The van der Waals surface area contributed by atoms with Gasteiger partial charge in [-0.2, -0.15) is 0 Å². The summed E-state index contributed by atoms with van der Waals surface area (Å²) < 4.78 is 0. The zero-order valence-corrected chi connectivity index (χ0v) is 8.84. The van der Waals surface area contributed by atoms with Crippen molar-refractivity contribution in [3.8, 4) is 0 Å². The fraction of sp³-hybridized carbons (Fsp3) is 0.909. The molecule has 1 saturated carbocycles. The molecule has 13 heavy (non-hydrogen) atoms. The average molecular weight is 184 g/mol. The monoisotopic (exact) mass is 184 g/mol. The first-order chi connectivity index (χ1) is 5.96. The van der Waals surface area contributed by atoms with Gasteiger partial charge in [0.15, 0.2) is 0 Å². The third kappa shape index (κ3) is 2.11. The Morgan fingerprint density at radius 1 is 1.31 bits per heavy atom. The zero-order chi connectivity index (χ0) is 10.1. The summed E-state index contributed by atoms with van der Waals surface area (Å²) in [5, 5.41) is 9.80. The highest BCUT2D eigenvalue weighted by molar-refractivity contribution is 5.81. The number of aliphatic hydroxyl groups is 1. The number of carbonyl (C=O) groups excluding carboxylic acids is 1. The van der Waals surface area contributed by atoms with Crippen LogP contribution < -0.4 is 0 Å². The molecule has 0 aromatic rings. The van der Waals surface area contributed by atoms with Gasteiger partial charge in [0, 0.05) is 5.41 Å². The number of rotatable bonds is 2. The number of Topliss-reactive ketones (excluding diaryl/α,β-unsaturated/α-hetero) is 1. The molecule has 0 spiro atoms. The molecule has 1 aliphatic carbocycles. The molecular weight excluding hydrogens is 164 g/mol. The molecular formula is C11H20O2. The first-order valence-corrected chi connectivity index (χ1v) is 5.15. The maximum atomic E-state index is 11.4. The first kappa shape index (κ1) is 10.7. The zero-order valence-electron chi connectivity index (χ0n) is 8.84. The van der Waals surface area contributed by atoms with Crippen molar-refractivity contribution in [3.63, 3.8) is 0 Å². The molecule has 0 amide bonds. The van der Waals surface area contributed by atoms with Gasteiger partial charge in [0.25, 0.3) is 0 Å². The Bertz CT molecular complexity index is 196. The molecule has 1 N–H and O–H groups in total. The van der Waals surface area contributed by atoms with E-state index in [1.807, 2.05) is 13.8 Å². The number of carbonyl (C=O) groups is 1. The number of hydrogen-bond acceptors (Lipinski definition) is 2. The Labute approximate surface area is 80.3 Å². The summed E-state index contributed by atoms with van der Waals surface area (Å²) in [6.45, 7) is 5.53. The van der Waals surface area contributed by atoms with Crippen LogP contribution in [0.3, 0.4) is 0 Å². The van der Waals surface area contributed by atoms with E-state index in [0.717, 1.165) is 25.7 Å². The minimum atomic E-state index is -0.347. The van der Waals surface area contributed by atoms with Crippen LogP contribution in [0.2, 0.25) is 0 Å². The minimum absolute atomic E-state index is 0.166. The molecule has 2 atom stereocenters. The topological polar surface area (TPSA) is 37.3 Å². The Hall–Kier alpha value is -0.370. The van der Waals surface area contributed by atoms with Crippen molar-refractivity contribution >= 4 is 5.78 Å². The summed E-state index contributed by atoms with van der Waals surface area (Å²) in [5.74, 6) is 0.359. The quantitative estimate of drug-likeness (QED) is 0.714. The summed E-state index contributed by atoms with van der Waals surface area (Å²) in [4.78, 5) is 11.4. The molecule has 0 aromatic heterocycles. The van der Waals surface area contributed by atoms with Crippen LogP contribution in [0.4, 0.5) is 0 Å². The molecule has 1 fully saturated rings. The lowest BCUT2D eigenvalue weighted by molar-refractivity contribution is -0.131. The predicted molar refractivity (Wildman–Crippen MR) is 52.4 cm³/mol. The van der Waals surface area contributed by atoms with Gasteiger partial charge in [0.2, 0.25) is 0 Å². The van der Waals surface area contributed by atoms with Gasteiger partial charge < -0.3 is 5.11 Å². The lowest BCUT2D eigenvalue weighted by Crippen LogP contribution is -2.40. The SMILES string of the molecule is CC(=O)C(C)(C)[C@@H]1CCCC[C@H]1O. The third-order valence-corrected chi connectivity index (χ3v) is 3.56. The highest BCUT2D eigenvalue weighted by atomic mass is 16.3. The third-order valence-electron chi connectivity index (χ3n) is 3.56. The van der Waals surface area contributed by atoms with Crippen molar-refractivity contribution in [2.75, 3.05) is 0 Å². The summed E-state index contributed by atoms with van der Waals surface area (Å²) >= 11 is 0. The average Bonchev–Trinajstić information content (AvgIpc) is 2.04. The van der Waals surface area contributed by atoms with E-state index < -0.39 is 0 Å². The Morgan fingerprint density at radius 3 is 2.31 bits per heavy atom. The normalized spacial score (nSPS) is 30.2. The maximum absolute atomic E-state index is 11.4.